The smallest absolute Gasteiger partial charge is 0.247 e. The molecule has 1 aromatic heterocycles. The SMILES string of the molecule is Clc1cccc([C@@H](c2ccccc2)N2CCN(Cc3nnc(-c4cccc(Br)c4)o3)CC2)c1. The van der Waals surface area contributed by atoms with Gasteiger partial charge in [0.1, 0.15) is 0 Å². The van der Waals surface area contributed by atoms with E-state index in [0.717, 1.165) is 41.2 Å². The normalized spacial score (nSPS) is 16.1. The van der Waals surface area contributed by atoms with Crippen molar-refractivity contribution in [3.05, 3.63) is 105 Å². The predicted octanol–water partition coefficient (Wildman–Crippen LogP) is 6.06. The maximum atomic E-state index is 6.33. The third-order valence-corrected chi connectivity index (χ3v) is 6.68. The summed E-state index contributed by atoms with van der Waals surface area (Å²) in [6.07, 6.45) is 0. The molecule has 0 spiro atoms. The van der Waals surface area contributed by atoms with Crippen molar-refractivity contribution < 1.29 is 4.42 Å². The zero-order valence-corrected chi connectivity index (χ0v) is 20.4. The number of piperazine rings is 1. The van der Waals surface area contributed by atoms with Gasteiger partial charge in [0.2, 0.25) is 11.8 Å². The van der Waals surface area contributed by atoms with Crippen LogP contribution in [0.5, 0.6) is 0 Å². The molecule has 5 nitrogen and oxygen atoms in total. The van der Waals surface area contributed by atoms with Gasteiger partial charge in [0, 0.05) is 41.2 Å². The summed E-state index contributed by atoms with van der Waals surface area (Å²) in [6, 6.07) is 26.9. The molecule has 0 N–H and O–H groups in total. The fourth-order valence-electron chi connectivity index (χ4n) is 4.35. The molecule has 0 aliphatic carbocycles. The Labute approximate surface area is 207 Å². The Hall–Kier alpha value is -2.51. The van der Waals surface area contributed by atoms with Gasteiger partial charge in [-0.05, 0) is 41.5 Å². The summed E-state index contributed by atoms with van der Waals surface area (Å²) in [4.78, 5) is 4.90. The van der Waals surface area contributed by atoms with Gasteiger partial charge in [-0.25, -0.2) is 0 Å². The Morgan fingerprint density at radius 2 is 1.61 bits per heavy atom. The Balaban J connectivity index is 1.27. The van der Waals surface area contributed by atoms with E-state index in [4.69, 9.17) is 16.0 Å². The minimum atomic E-state index is 0.179. The van der Waals surface area contributed by atoms with Crippen molar-refractivity contribution in [1.82, 2.24) is 20.0 Å². The van der Waals surface area contributed by atoms with Crippen LogP contribution >= 0.6 is 27.5 Å². The largest absolute Gasteiger partial charge is 0.419 e. The van der Waals surface area contributed by atoms with Gasteiger partial charge in [-0.3, -0.25) is 9.80 Å². The molecule has 0 amide bonds. The molecule has 1 atom stereocenters. The monoisotopic (exact) mass is 522 g/mol. The van der Waals surface area contributed by atoms with E-state index in [1.807, 2.05) is 36.4 Å². The van der Waals surface area contributed by atoms with Gasteiger partial charge in [-0.2, -0.15) is 0 Å². The summed E-state index contributed by atoms with van der Waals surface area (Å²) in [7, 11) is 0. The first kappa shape index (κ1) is 22.3. The third kappa shape index (κ3) is 5.36. The van der Waals surface area contributed by atoms with Crippen LogP contribution in [0.25, 0.3) is 11.5 Å². The molecule has 7 heteroatoms. The predicted molar refractivity (Wildman–Crippen MR) is 134 cm³/mol. The number of nitrogens with zero attached hydrogens (tertiary/aromatic N) is 4. The molecule has 1 saturated heterocycles. The molecule has 0 unspecified atom stereocenters. The van der Waals surface area contributed by atoms with Gasteiger partial charge in [0.25, 0.3) is 0 Å². The van der Waals surface area contributed by atoms with Crippen LogP contribution in [0.15, 0.2) is 87.8 Å². The van der Waals surface area contributed by atoms with Crippen molar-refractivity contribution in [2.24, 2.45) is 0 Å². The van der Waals surface area contributed by atoms with Crippen molar-refractivity contribution in [3.63, 3.8) is 0 Å². The van der Waals surface area contributed by atoms with Crippen molar-refractivity contribution in [1.29, 1.82) is 0 Å². The maximum Gasteiger partial charge on any atom is 0.247 e. The average Bonchev–Trinajstić information content (AvgIpc) is 3.30. The van der Waals surface area contributed by atoms with E-state index in [0.29, 0.717) is 18.3 Å². The number of benzene rings is 3. The van der Waals surface area contributed by atoms with Gasteiger partial charge in [0.05, 0.1) is 12.6 Å². The highest BCUT2D eigenvalue weighted by Crippen LogP contribution is 2.31. The lowest BCUT2D eigenvalue weighted by Gasteiger charge is -2.39. The molecule has 2 heterocycles. The minimum Gasteiger partial charge on any atom is -0.419 e. The molecule has 1 aliphatic rings. The first-order valence-corrected chi connectivity index (χ1v) is 12.2. The van der Waals surface area contributed by atoms with Gasteiger partial charge in [-0.1, -0.05) is 76.1 Å². The maximum absolute atomic E-state index is 6.33. The van der Waals surface area contributed by atoms with Crippen LogP contribution < -0.4 is 0 Å². The van der Waals surface area contributed by atoms with E-state index in [9.17, 15) is 0 Å². The number of hydrogen-bond donors (Lipinski definition) is 0. The number of halogens is 2. The Bertz CT molecular complexity index is 1210. The van der Waals surface area contributed by atoms with Crippen LogP contribution in [-0.4, -0.2) is 46.2 Å². The van der Waals surface area contributed by atoms with Crippen LogP contribution in [0.2, 0.25) is 5.02 Å². The number of aromatic nitrogens is 2. The highest BCUT2D eigenvalue weighted by Gasteiger charge is 2.27. The topological polar surface area (TPSA) is 45.4 Å². The van der Waals surface area contributed by atoms with E-state index < -0.39 is 0 Å². The van der Waals surface area contributed by atoms with Crippen molar-refractivity contribution >= 4 is 27.5 Å². The zero-order valence-electron chi connectivity index (χ0n) is 18.1. The third-order valence-electron chi connectivity index (χ3n) is 5.95. The van der Waals surface area contributed by atoms with Crippen LogP contribution in [0.1, 0.15) is 23.1 Å². The summed E-state index contributed by atoms with van der Waals surface area (Å²) in [6.45, 7) is 4.40. The molecule has 1 aliphatic heterocycles. The highest BCUT2D eigenvalue weighted by molar-refractivity contribution is 9.10. The van der Waals surface area contributed by atoms with Crippen molar-refractivity contribution in [2.75, 3.05) is 26.2 Å². The van der Waals surface area contributed by atoms with Gasteiger partial charge in [0.15, 0.2) is 0 Å². The Morgan fingerprint density at radius 1 is 0.848 bits per heavy atom. The summed E-state index contributed by atoms with van der Waals surface area (Å²) in [5.41, 5.74) is 3.42. The number of hydrogen-bond acceptors (Lipinski definition) is 5. The first-order chi connectivity index (χ1) is 16.2. The van der Waals surface area contributed by atoms with Crippen LogP contribution in [0, 0.1) is 0 Å². The second-order valence-electron chi connectivity index (χ2n) is 8.19. The average molecular weight is 524 g/mol. The molecular weight excluding hydrogens is 500 g/mol. The lowest BCUT2D eigenvalue weighted by Crippen LogP contribution is -2.47. The van der Waals surface area contributed by atoms with Crippen molar-refractivity contribution in [2.45, 2.75) is 12.6 Å². The molecule has 0 bridgehead atoms. The van der Waals surface area contributed by atoms with Crippen LogP contribution in [-0.2, 0) is 6.54 Å². The summed E-state index contributed by atoms with van der Waals surface area (Å²) in [5.74, 6) is 1.20. The minimum absolute atomic E-state index is 0.179. The van der Waals surface area contributed by atoms with Gasteiger partial charge >= 0.3 is 0 Å². The molecule has 4 aromatic rings. The summed E-state index contributed by atoms with van der Waals surface area (Å²) >= 11 is 9.82. The lowest BCUT2D eigenvalue weighted by atomic mass is 9.96. The highest BCUT2D eigenvalue weighted by atomic mass is 79.9. The molecule has 168 valence electrons. The number of rotatable bonds is 6. The zero-order chi connectivity index (χ0) is 22.6. The summed E-state index contributed by atoms with van der Waals surface area (Å²) < 4.78 is 6.93. The molecule has 5 rings (SSSR count). The Kier molecular flexibility index (Phi) is 6.88. The van der Waals surface area contributed by atoms with E-state index >= 15 is 0 Å². The van der Waals surface area contributed by atoms with Crippen molar-refractivity contribution in [3.8, 4) is 11.5 Å². The molecule has 0 radical (unpaired) electrons. The second-order valence-corrected chi connectivity index (χ2v) is 9.54. The van der Waals surface area contributed by atoms with E-state index in [1.165, 1.54) is 11.1 Å². The molecular formula is C26H24BrClN4O. The van der Waals surface area contributed by atoms with E-state index in [1.54, 1.807) is 0 Å². The van der Waals surface area contributed by atoms with Gasteiger partial charge < -0.3 is 4.42 Å². The standard InChI is InChI=1S/C26H24BrClN4O/c27-22-10-4-9-21(16-22)26-30-29-24(33-26)18-31-12-14-32(15-13-31)25(19-6-2-1-3-7-19)20-8-5-11-23(28)17-20/h1-11,16-17,25H,12-15,18H2/t25-/m1/s1. The summed E-state index contributed by atoms with van der Waals surface area (Å²) in [5, 5.41) is 9.28. The fraction of sp³-hybridized carbons (Fsp3) is 0.231. The molecule has 0 saturated carbocycles. The van der Waals surface area contributed by atoms with Gasteiger partial charge in [-0.15, -0.1) is 10.2 Å². The molecule has 3 aromatic carbocycles. The van der Waals surface area contributed by atoms with Crippen LogP contribution in [0.4, 0.5) is 0 Å². The fourth-order valence-corrected chi connectivity index (χ4v) is 4.95. The molecule has 33 heavy (non-hydrogen) atoms. The second kappa shape index (κ2) is 10.2. The molecule has 1 fully saturated rings. The van der Waals surface area contributed by atoms with E-state index in [2.05, 4.69) is 78.4 Å². The Morgan fingerprint density at radius 3 is 2.36 bits per heavy atom. The first-order valence-electron chi connectivity index (χ1n) is 11.0. The van der Waals surface area contributed by atoms with Crippen LogP contribution in [0.3, 0.4) is 0 Å². The quantitative estimate of drug-likeness (QED) is 0.307. The van der Waals surface area contributed by atoms with E-state index in [-0.39, 0.29) is 6.04 Å². The lowest BCUT2D eigenvalue weighted by molar-refractivity contribution is 0.0986.